The van der Waals surface area contributed by atoms with Gasteiger partial charge in [-0.05, 0) is 141 Å². The minimum atomic E-state index is -0.872. The predicted octanol–water partition coefficient (Wildman–Crippen LogP) is 7.63. The molecule has 0 bridgehead atoms. The number of nitrogens with one attached hydrogen (secondary N) is 1. The maximum Gasteiger partial charge on any atom is 0.407 e. The topological polar surface area (TPSA) is 135 Å². The summed E-state index contributed by atoms with van der Waals surface area (Å²) in [7, 11) is 0. The van der Waals surface area contributed by atoms with Gasteiger partial charge in [-0.1, -0.05) is 69.3 Å². The Morgan fingerprint density at radius 3 is 2.27 bits per heavy atom. The largest absolute Gasteiger partial charge is 0.460 e. The van der Waals surface area contributed by atoms with Gasteiger partial charge in [0, 0.05) is 18.9 Å². The Morgan fingerprint density at radius 2 is 1.60 bits per heavy atom. The van der Waals surface area contributed by atoms with Crippen LogP contribution in [0, 0.1) is 46.3 Å². The molecular weight excluding hydrogens is 695 g/mol. The van der Waals surface area contributed by atoms with E-state index in [1.807, 2.05) is 45.0 Å². The molecule has 2 aromatic carbocycles. The fourth-order valence-corrected chi connectivity index (χ4v) is 12.4. The third-order valence-electron chi connectivity index (χ3n) is 15.1. The van der Waals surface area contributed by atoms with Crippen molar-refractivity contribution in [2.45, 2.75) is 135 Å². The van der Waals surface area contributed by atoms with Crippen molar-refractivity contribution in [2.24, 2.45) is 46.3 Å². The fraction of sp³-hybridized carbons (Fsp3) is 0.696. The van der Waals surface area contributed by atoms with E-state index < -0.39 is 30.0 Å². The minimum absolute atomic E-state index is 0.00322. The highest BCUT2D eigenvalue weighted by Crippen LogP contribution is 2.68. The molecule has 9 heteroatoms. The van der Waals surface area contributed by atoms with E-state index >= 15 is 0 Å². The van der Waals surface area contributed by atoms with Crippen LogP contribution in [0.15, 0.2) is 48.5 Å². The van der Waals surface area contributed by atoms with Crippen molar-refractivity contribution >= 4 is 12.1 Å². The average molecular weight is 760 g/mol. The van der Waals surface area contributed by atoms with Crippen molar-refractivity contribution in [1.29, 1.82) is 0 Å². The summed E-state index contributed by atoms with van der Waals surface area (Å²) in [5, 5.41) is 37.4. The normalized spacial score (nSPS) is 35.0. The van der Waals surface area contributed by atoms with Gasteiger partial charge in [0.2, 0.25) is 0 Å². The van der Waals surface area contributed by atoms with E-state index in [4.69, 9.17) is 14.2 Å². The number of esters is 1. The monoisotopic (exact) mass is 759 g/mol. The molecule has 5 aliphatic carbocycles. The van der Waals surface area contributed by atoms with Gasteiger partial charge in [0.15, 0.2) is 0 Å². The van der Waals surface area contributed by atoms with Crippen LogP contribution < -0.4 is 5.32 Å². The van der Waals surface area contributed by atoms with Gasteiger partial charge in [-0.25, -0.2) is 4.79 Å². The van der Waals surface area contributed by atoms with E-state index in [9.17, 15) is 24.9 Å². The maximum atomic E-state index is 12.7. The molecule has 12 atom stereocenters. The van der Waals surface area contributed by atoms with Crippen LogP contribution in [0.25, 0.3) is 11.1 Å². The number of aliphatic hydroxyl groups is 3. The quantitative estimate of drug-likeness (QED) is 0.172. The first-order valence-corrected chi connectivity index (χ1v) is 21.1. The Hall–Kier alpha value is -2.98. The van der Waals surface area contributed by atoms with Crippen molar-refractivity contribution in [1.82, 2.24) is 5.32 Å². The molecule has 4 fully saturated rings. The second-order valence-corrected chi connectivity index (χ2v) is 19.3. The number of hydrogen-bond donors (Lipinski definition) is 4. The number of hydrogen-bond acceptors (Lipinski definition) is 8. The summed E-state index contributed by atoms with van der Waals surface area (Å²) in [6.07, 6.45) is 4.84. The molecule has 302 valence electrons. The van der Waals surface area contributed by atoms with E-state index in [0.29, 0.717) is 18.8 Å². The SMILES string of the molecule is C[C@H](CCC(=O)OC(C)(C)C)[C@H]1CC[C@H]2[C@@H]3[C@H](O)C[C@@H]4C[C@H](OCC(O)CNC(=O)OCC5c6ccccc6-c6ccccc65)CC[C@]4(C)[C@H]3C[C@H](O)[C@]12C. The van der Waals surface area contributed by atoms with E-state index in [1.54, 1.807) is 0 Å². The number of rotatable bonds is 11. The summed E-state index contributed by atoms with van der Waals surface area (Å²) < 4.78 is 17.5. The zero-order valence-electron chi connectivity index (χ0n) is 33.8. The molecule has 1 amide bonds. The lowest BCUT2D eigenvalue weighted by Gasteiger charge is -2.63. The van der Waals surface area contributed by atoms with E-state index in [-0.39, 0.29) is 78.2 Å². The highest BCUT2D eigenvalue weighted by Gasteiger charge is 2.65. The lowest BCUT2D eigenvalue weighted by Crippen LogP contribution is -2.62. The Labute approximate surface area is 327 Å². The first-order valence-electron chi connectivity index (χ1n) is 21.1. The van der Waals surface area contributed by atoms with Crippen molar-refractivity contribution in [3.05, 3.63) is 59.7 Å². The fourth-order valence-electron chi connectivity index (χ4n) is 12.4. The third kappa shape index (κ3) is 7.84. The van der Waals surface area contributed by atoms with Gasteiger partial charge in [0.1, 0.15) is 12.2 Å². The summed E-state index contributed by atoms with van der Waals surface area (Å²) in [4.78, 5) is 25.2. The molecule has 2 aromatic rings. The van der Waals surface area contributed by atoms with Gasteiger partial charge in [-0.2, -0.15) is 0 Å². The van der Waals surface area contributed by atoms with Crippen molar-refractivity contribution < 1.29 is 39.1 Å². The second kappa shape index (κ2) is 15.8. The van der Waals surface area contributed by atoms with E-state index in [1.165, 1.54) is 11.1 Å². The van der Waals surface area contributed by atoms with Crippen LogP contribution in [-0.4, -0.2) is 77.2 Å². The molecule has 0 spiro atoms. The molecule has 5 aliphatic rings. The summed E-state index contributed by atoms with van der Waals surface area (Å²) in [6, 6.07) is 16.4. The summed E-state index contributed by atoms with van der Waals surface area (Å²) in [5.41, 5.74) is 3.86. The van der Waals surface area contributed by atoms with Crippen LogP contribution in [0.2, 0.25) is 0 Å². The molecule has 55 heavy (non-hydrogen) atoms. The number of amides is 1. The van der Waals surface area contributed by atoms with Crippen LogP contribution in [0.4, 0.5) is 4.79 Å². The minimum Gasteiger partial charge on any atom is -0.460 e. The molecule has 0 aliphatic heterocycles. The molecule has 0 heterocycles. The summed E-state index contributed by atoms with van der Waals surface area (Å²) in [6.45, 7) is 12.9. The lowest BCUT2D eigenvalue weighted by atomic mass is 9.43. The Balaban J connectivity index is 0.884. The van der Waals surface area contributed by atoms with Gasteiger partial charge >= 0.3 is 12.1 Å². The highest BCUT2D eigenvalue weighted by atomic mass is 16.6. The Morgan fingerprint density at radius 1 is 0.927 bits per heavy atom. The van der Waals surface area contributed by atoms with Crippen LogP contribution in [-0.2, 0) is 19.0 Å². The zero-order valence-corrected chi connectivity index (χ0v) is 33.8. The van der Waals surface area contributed by atoms with Crippen LogP contribution >= 0.6 is 0 Å². The molecule has 9 nitrogen and oxygen atoms in total. The zero-order chi connectivity index (χ0) is 39.3. The number of ether oxygens (including phenoxy) is 3. The maximum absolute atomic E-state index is 12.7. The second-order valence-electron chi connectivity index (χ2n) is 19.3. The summed E-state index contributed by atoms with van der Waals surface area (Å²) in [5.74, 6) is 1.27. The van der Waals surface area contributed by atoms with Crippen molar-refractivity contribution in [3.8, 4) is 11.1 Å². The highest BCUT2D eigenvalue weighted by molar-refractivity contribution is 5.79. The predicted molar refractivity (Wildman–Crippen MR) is 211 cm³/mol. The molecule has 4 N–H and O–H groups in total. The molecule has 0 radical (unpaired) electrons. The number of alkyl carbamates (subject to hydrolysis) is 1. The van der Waals surface area contributed by atoms with Crippen molar-refractivity contribution in [3.63, 3.8) is 0 Å². The lowest BCUT2D eigenvalue weighted by molar-refractivity contribution is -0.210. The van der Waals surface area contributed by atoms with Gasteiger partial charge in [-0.3, -0.25) is 4.79 Å². The number of carbonyl (C=O) groups is 2. The van der Waals surface area contributed by atoms with Crippen LogP contribution in [0.1, 0.15) is 116 Å². The standard InChI is InChI=1S/C46H65NO8/c1-27(15-18-41(51)55-44(2,3)4)36-16-17-37-42-38(23-40(50)46(36,37)6)45(5)20-19-30(21-28(45)22-39(42)49)53-25-29(48)24-47-43(52)54-26-35-33-13-9-7-11-31(33)32-12-8-10-14-34(32)35/h7-14,27-30,35-40,42,48-50H,15-26H2,1-6H3,(H,47,52)/t27-,28+,29?,30-,36-,37+,38+,39-,40+,42+,45+,46-/m1/s1. The first kappa shape index (κ1) is 40.2. The van der Waals surface area contributed by atoms with Crippen molar-refractivity contribution in [2.75, 3.05) is 19.8 Å². The number of benzene rings is 2. The average Bonchev–Trinajstić information content (AvgIpc) is 3.67. The molecular formula is C46H65NO8. The van der Waals surface area contributed by atoms with Crippen LogP contribution in [0.5, 0.6) is 0 Å². The smallest absolute Gasteiger partial charge is 0.407 e. The number of carbonyl (C=O) groups excluding carboxylic acids is 2. The number of aliphatic hydroxyl groups excluding tert-OH is 3. The van der Waals surface area contributed by atoms with Crippen LogP contribution in [0.3, 0.4) is 0 Å². The Kier molecular flexibility index (Phi) is 11.5. The van der Waals surface area contributed by atoms with Gasteiger partial charge in [0.25, 0.3) is 0 Å². The molecule has 7 rings (SSSR count). The molecule has 1 unspecified atom stereocenters. The third-order valence-corrected chi connectivity index (χ3v) is 15.1. The van der Waals surface area contributed by atoms with Gasteiger partial charge in [0.05, 0.1) is 31.0 Å². The molecule has 0 saturated heterocycles. The van der Waals surface area contributed by atoms with Gasteiger partial charge < -0.3 is 34.8 Å². The molecule has 0 aromatic heterocycles. The number of fused-ring (bicyclic) bond motifs is 8. The van der Waals surface area contributed by atoms with E-state index in [0.717, 1.165) is 56.1 Å². The first-order chi connectivity index (χ1) is 26.1. The molecule has 4 saturated carbocycles. The summed E-state index contributed by atoms with van der Waals surface area (Å²) >= 11 is 0. The van der Waals surface area contributed by atoms with Gasteiger partial charge in [-0.15, -0.1) is 0 Å². The Bertz CT molecular complexity index is 1640. The van der Waals surface area contributed by atoms with E-state index in [2.05, 4.69) is 50.4 Å².